The van der Waals surface area contributed by atoms with E-state index in [1.807, 2.05) is 6.07 Å². The molecule has 0 aliphatic carbocycles. The number of anilines is 1. The number of piperidine rings is 1. The number of hydrogen-bond acceptors (Lipinski definition) is 3. The Bertz CT molecular complexity index is 940. The molecule has 0 aromatic heterocycles. The molecule has 4 rings (SSSR count). The normalized spacial score (nSPS) is 17.9. The molecule has 1 fully saturated rings. The number of carbonyl (C=O) groups excluding carboxylic acids is 2. The number of fused-ring (bicyclic) bond motifs is 1. The highest BCUT2D eigenvalue weighted by Crippen LogP contribution is 2.33. The van der Waals surface area contributed by atoms with Gasteiger partial charge in [-0.2, -0.15) is 0 Å². The molecule has 0 radical (unpaired) electrons. The first-order chi connectivity index (χ1) is 12.9. The van der Waals surface area contributed by atoms with Crippen LogP contribution in [0.4, 0.5) is 5.69 Å². The SMILES string of the molecule is O=C1NC2(CCN(C(=O)c3ccc(Cl)c(Cl)c3)CC2)Nc2ccc(Cl)cc21. The maximum atomic E-state index is 12.7. The predicted molar refractivity (Wildman–Crippen MR) is 107 cm³/mol. The summed E-state index contributed by atoms with van der Waals surface area (Å²) in [5.41, 5.74) is 1.22. The van der Waals surface area contributed by atoms with E-state index in [0.29, 0.717) is 52.1 Å². The van der Waals surface area contributed by atoms with E-state index in [0.717, 1.165) is 5.69 Å². The number of benzene rings is 2. The van der Waals surface area contributed by atoms with Crippen LogP contribution in [0.3, 0.4) is 0 Å². The Morgan fingerprint density at radius 3 is 2.41 bits per heavy atom. The molecule has 140 valence electrons. The van der Waals surface area contributed by atoms with Gasteiger partial charge >= 0.3 is 0 Å². The molecule has 2 aromatic rings. The Morgan fingerprint density at radius 2 is 1.70 bits per heavy atom. The number of halogens is 3. The van der Waals surface area contributed by atoms with Gasteiger partial charge in [-0.05, 0) is 36.4 Å². The van der Waals surface area contributed by atoms with E-state index >= 15 is 0 Å². The molecule has 27 heavy (non-hydrogen) atoms. The number of amides is 2. The van der Waals surface area contributed by atoms with Crippen molar-refractivity contribution in [2.24, 2.45) is 0 Å². The number of likely N-dealkylation sites (tertiary alicyclic amines) is 1. The van der Waals surface area contributed by atoms with Crippen LogP contribution in [0.15, 0.2) is 36.4 Å². The highest BCUT2D eigenvalue weighted by atomic mass is 35.5. The molecule has 5 nitrogen and oxygen atoms in total. The van der Waals surface area contributed by atoms with Crippen LogP contribution in [0, 0.1) is 0 Å². The van der Waals surface area contributed by atoms with E-state index in [2.05, 4.69) is 10.6 Å². The lowest BCUT2D eigenvalue weighted by molar-refractivity contribution is 0.0639. The van der Waals surface area contributed by atoms with Gasteiger partial charge in [0.1, 0.15) is 5.66 Å². The number of nitrogens with zero attached hydrogens (tertiary/aromatic N) is 1. The first-order valence-corrected chi connectivity index (χ1v) is 9.65. The molecular formula is C19H16Cl3N3O2. The number of rotatable bonds is 1. The molecule has 2 N–H and O–H groups in total. The maximum Gasteiger partial charge on any atom is 0.255 e. The molecule has 2 aliphatic heterocycles. The third kappa shape index (κ3) is 3.47. The van der Waals surface area contributed by atoms with E-state index in [9.17, 15) is 9.59 Å². The van der Waals surface area contributed by atoms with Gasteiger partial charge < -0.3 is 15.5 Å². The maximum absolute atomic E-state index is 12.7. The molecule has 2 heterocycles. The highest BCUT2D eigenvalue weighted by Gasteiger charge is 2.41. The van der Waals surface area contributed by atoms with Crippen LogP contribution in [-0.2, 0) is 0 Å². The summed E-state index contributed by atoms with van der Waals surface area (Å²) in [7, 11) is 0. The third-order valence-electron chi connectivity index (χ3n) is 5.02. The largest absolute Gasteiger partial charge is 0.362 e. The van der Waals surface area contributed by atoms with Gasteiger partial charge in [-0.1, -0.05) is 34.8 Å². The molecule has 1 saturated heterocycles. The van der Waals surface area contributed by atoms with Crippen LogP contribution in [0.5, 0.6) is 0 Å². The van der Waals surface area contributed by atoms with E-state index in [1.165, 1.54) is 0 Å². The smallest absolute Gasteiger partial charge is 0.255 e. The average molecular weight is 425 g/mol. The van der Waals surface area contributed by atoms with Crippen molar-refractivity contribution in [3.8, 4) is 0 Å². The predicted octanol–water partition coefficient (Wildman–Crippen LogP) is 4.43. The minimum absolute atomic E-state index is 0.0993. The second-order valence-electron chi connectivity index (χ2n) is 6.77. The van der Waals surface area contributed by atoms with E-state index in [-0.39, 0.29) is 11.8 Å². The van der Waals surface area contributed by atoms with E-state index < -0.39 is 5.66 Å². The Morgan fingerprint density at radius 1 is 0.963 bits per heavy atom. The zero-order valence-corrected chi connectivity index (χ0v) is 16.5. The lowest BCUT2D eigenvalue weighted by Gasteiger charge is -2.46. The van der Waals surface area contributed by atoms with Crippen molar-refractivity contribution in [1.82, 2.24) is 10.2 Å². The second-order valence-corrected chi connectivity index (χ2v) is 8.02. The zero-order valence-electron chi connectivity index (χ0n) is 14.2. The van der Waals surface area contributed by atoms with Crippen molar-refractivity contribution in [2.45, 2.75) is 18.5 Å². The monoisotopic (exact) mass is 423 g/mol. The van der Waals surface area contributed by atoms with Crippen LogP contribution in [0.1, 0.15) is 33.6 Å². The minimum Gasteiger partial charge on any atom is -0.362 e. The lowest BCUT2D eigenvalue weighted by atomic mass is 9.92. The summed E-state index contributed by atoms with van der Waals surface area (Å²) in [4.78, 5) is 27.0. The van der Waals surface area contributed by atoms with Gasteiger partial charge in [-0.3, -0.25) is 9.59 Å². The van der Waals surface area contributed by atoms with E-state index in [4.69, 9.17) is 34.8 Å². The summed E-state index contributed by atoms with van der Waals surface area (Å²) in [6.45, 7) is 1.02. The number of nitrogens with one attached hydrogen (secondary N) is 2. The Hall–Kier alpha value is -1.95. The van der Waals surface area contributed by atoms with Crippen LogP contribution in [0.2, 0.25) is 15.1 Å². The lowest BCUT2D eigenvalue weighted by Crippen LogP contribution is -2.62. The van der Waals surface area contributed by atoms with Gasteiger partial charge in [-0.15, -0.1) is 0 Å². The molecule has 0 unspecified atom stereocenters. The molecule has 0 bridgehead atoms. The van der Waals surface area contributed by atoms with Crippen LogP contribution in [0.25, 0.3) is 0 Å². The summed E-state index contributed by atoms with van der Waals surface area (Å²) in [6.07, 6.45) is 1.18. The molecule has 0 atom stereocenters. The number of carbonyl (C=O) groups is 2. The summed E-state index contributed by atoms with van der Waals surface area (Å²) >= 11 is 17.9. The highest BCUT2D eigenvalue weighted by molar-refractivity contribution is 6.42. The van der Waals surface area contributed by atoms with Crippen molar-refractivity contribution in [1.29, 1.82) is 0 Å². The number of hydrogen-bond donors (Lipinski definition) is 2. The van der Waals surface area contributed by atoms with E-state index in [1.54, 1.807) is 35.2 Å². The van der Waals surface area contributed by atoms with Gasteiger partial charge in [0, 0.05) is 42.2 Å². The van der Waals surface area contributed by atoms with Gasteiger partial charge in [0.25, 0.3) is 11.8 Å². The second kappa shape index (κ2) is 6.89. The Kier molecular flexibility index (Phi) is 4.70. The van der Waals surface area contributed by atoms with Gasteiger partial charge in [0.05, 0.1) is 15.6 Å². The van der Waals surface area contributed by atoms with Crippen LogP contribution < -0.4 is 10.6 Å². The fraction of sp³-hybridized carbons (Fsp3) is 0.263. The summed E-state index contributed by atoms with van der Waals surface area (Å²) < 4.78 is 0. The fourth-order valence-electron chi connectivity index (χ4n) is 3.54. The molecule has 2 aromatic carbocycles. The first-order valence-electron chi connectivity index (χ1n) is 8.51. The van der Waals surface area contributed by atoms with Crippen molar-refractivity contribution in [2.75, 3.05) is 18.4 Å². The molecule has 8 heteroatoms. The topological polar surface area (TPSA) is 61.4 Å². The Labute approximate surface area is 171 Å². The van der Waals surface area contributed by atoms with Crippen molar-refractivity contribution >= 4 is 52.3 Å². The van der Waals surface area contributed by atoms with Crippen molar-refractivity contribution in [3.05, 3.63) is 62.6 Å². The quantitative estimate of drug-likeness (QED) is 0.712. The van der Waals surface area contributed by atoms with Gasteiger partial charge in [0.15, 0.2) is 0 Å². The third-order valence-corrected chi connectivity index (χ3v) is 6.00. The van der Waals surface area contributed by atoms with Crippen LogP contribution in [-0.4, -0.2) is 35.5 Å². The molecule has 0 saturated carbocycles. The minimum atomic E-state index is -0.563. The van der Waals surface area contributed by atoms with Gasteiger partial charge in [0.2, 0.25) is 0 Å². The molecule has 2 aliphatic rings. The molecular weight excluding hydrogens is 409 g/mol. The van der Waals surface area contributed by atoms with Crippen molar-refractivity contribution < 1.29 is 9.59 Å². The fourth-order valence-corrected chi connectivity index (χ4v) is 4.01. The standard InChI is InChI=1S/C19H16Cl3N3O2/c20-12-2-4-16-13(10-12)17(26)24-19(23-16)5-7-25(8-6-19)18(27)11-1-3-14(21)15(22)9-11/h1-4,9-10,23H,5-8H2,(H,24,26). The average Bonchev–Trinajstić information content (AvgIpc) is 2.65. The summed E-state index contributed by atoms with van der Waals surface area (Å²) in [5.74, 6) is -0.256. The first kappa shape index (κ1) is 18.4. The van der Waals surface area contributed by atoms with Crippen LogP contribution >= 0.6 is 34.8 Å². The molecule has 2 amide bonds. The summed E-state index contributed by atoms with van der Waals surface area (Å²) in [5, 5.41) is 7.75. The Balaban J connectivity index is 1.49. The molecule has 1 spiro atoms. The van der Waals surface area contributed by atoms with Gasteiger partial charge in [-0.25, -0.2) is 0 Å². The zero-order chi connectivity index (χ0) is 19.2. The van der Waals surface area contributed by atoms with Crippen molar-refractivity contribution in [3.63, 3.8) is 0 Å². The summed E-state index contributed by atoms with van der Waals surface area (Å²) in [6, 6.07) is 10.1.